The zero-order chi connectivity index (χ0) is 8.91. The number of nitrogens with one attached hydrogen (secondary N) is 1. The van der Waals surface area contributed by atoms with Crippen molar-refractivity contribution >= 4 is 5.91 Å². The molecule has 0 aromatic heterocycles. The van der Waals surface area contributed by atoms with Gasteiger partial charge in [0, 0.05) is 7.05 Å². The number of ether oxygens (including phenoxy) is 1. The topological polar surface area (TPSA) is 58.6 Å². The number of amides is 1. The van der Waals surface area contributed by atoms with Crippen LogP contribution in [0.5, 0.6) is 0 Å². The molecule has 2 N–H and O–H groups in total. The summed E-state index contributed by atoms with van der Waals surface area (Å²) in [6.45, 7) is 3.29. The van der Waals surface area contributed by atoms with E-state index in [0.717, 1.165) is 0 Å². The number of carbonyl (C=O) groups is 1. The quantitative estimate of drug-likeness (QED) is 0.564. The maximum absolute atomic E-state index is 10.6. The smallest absolute Gasteiger partial charge is 0.222 e. The Hall–Kier alpha value is -0.610. The summed E-state index contributed by atoms with van der Waals surface area (Å²) >= 11 is 0. The van der Waals surface area contributed by atoms with Gasteiger partial charge in [-0.25, -0.2) is 0 Å². The third kappa shape index (κ3) is 7.29. The molecule has 0 saturated heterocycles. The Balaban J connectivity index is 3.35. The van der Waals surface area contributed by atoms with Crippen LogP contribution in [0.1, 0.15) is 20.3 Å². The van der Waals surface area contributed by atoms with Crippen LogP contribution < -0.4 is 5.32 Å². The van der Waals surface area contributed by atoms with E-state index < -0.39 is 5.79 Å². The molecule has 0 fully saturated rings. The van der Waals surface area contributed by atoms with Crippen molar-refractivity contribution in [3.63, 3.8) is 0 Å². The van der Waals surface area contributed by atoms with E-state index >= 15 is 0 Å². The third-order valence-corrected chi connectivity index (χ3v) is 1.06. The first-order valence-corrected chi connectivity index (χ1v) is 3.52. The van der Waals surface area contributed by atoms with E-state index in [1.165, 1.54) is 13.8 Å². The van der Waals surface area contributed by atoms with Crippen LogP contribution in [0.15, 0.2) is 0 Å². The average molecular weight is 161 g/mol. The molecule has 1 amide bonds. The monoisotopic (exact) mass is 161 g/mol. The highest BCUT2D eigenvalue weighted by Gasteiger charge is 2.12. The highest BCUT2D eigenvalue weighted by atomic mass is 16.6. The van der Waals surface area contributed by atoms with Crippen LogP contribution in [0.3, 0.4) is 0 Å². The molecule has 4 heteroatoms. The van der Waals surface area contributed by atoms with Crippen LogP contribution in [0.4, 0.5) is 0 Å². The van der Waals surface area contributed by atoms with Gasteiger partial charge in [0.1, 0.15) is 0 Å². The van der Waals surface area contributed by atoms with Crippen LogP contribution in [0.2, 0.25) is 0 Å². The second-order valence-corrected chi connectivity index (χ2v) is 2.72. The van der Waals surface area contributed by atoms with E-state index in [-0.39, 0.29) is 18.9 Å². The number of hydrogen-bond donors (Lipinski definition) is 2. The molecule has 0 saturated carbocycles. The van der Waals surface area contributed by atoms with Gasteiger partial charge in [0.2, 0.25) is 5.91 Å². The summed E-state index contributed by atoms with van der Waals surface area (Å²) in [6.07, 6.45) is 0.278. The van der Waals surface area contributed by atoms with Crippen molar-refractivity contribution in [2.24, 2.45) is 0 Å². The molecule has 0 aliphatic carbocycles. The first kappa shape index (κ1) is 10.4. The summed E-state index contributed by atoms with van der Waals surface area (Å²) in [5.74, 6) is -1.23. The molecule has 0 unspecified atom stereocenters. The fourth-order valence-corrected chi connectivity index (χ4v) is 0.518. The number of hydrogen-bond acceptors (Lipinski definition) is 3. The van der Waals surface area contributed by atoms with Crippen LogP contribution in [-0.2, 0) is 9.53 Å². The Morgan fingerprint density at radius 2 is 2.18 bits per heavy atom. The molecule has 0 aliphatic heterocycles. The molecule has 0 radical (unpaired) electrons. The Labute approximate surface area is 66.5 Å². The van der Waals surface area contributed by atoms with Crippen molar-refractivity contribution in [2.75, 3.05) is 13.7 Å². The van der Waals surface area contributed by atoms with E-state index in [4.69, 9.17) is 9.84 Å². The summed E-state index contributed by atoms with van der Waals surface area (Å²) < 4.78 is 4.90. The van der Waals surface area contributed by atoms with Gasteiger partial charge in [0.15, 0.2) is 5.79 Å². The van der Waals surface area contributed by atoms with Crippen LogP contribution in [-0.4, -0.2) is 30.5 Å². The summed E-state index contributed by atoms with van der Waals surface area (Å²) in [7, 11) is 1.56. The number of aliphatic hydroxyl groups is 1. The Bertz CT molecular complexity index is 128. The fraction of sp³-hybridized carbons (Fsp3) is 0.857. The molecule has 0 atom stereocenters. The first-order chi connectivity index (χ1) is 4.95. The van der Waals surface area contributed by atoms with E-state index in [9.17, 15) is 4.79 Å². The van der Waals surface area contributed by atoms with E-state index in [1.807, 2.05) is 0 Å². The van der Waals surface area contributed by atoms with Crippen LogP contribution in [0, 0.1) is 0 Å². The molecular formula is C7H15NO3. The maximum Gasteiger partial charge on any atom is 0.222 e. The summed E-state index contributed by atoms with van der Waals surface area (Å²) in [5, 5.41) is 11.5. The Morgan fingerprint density at radius 3 is 2.55 bits per heavy atom. The number of carbonyl (C=O) groups excluding carboxylic acids is 1. The summed E-state index contributed by atoms with van der Waals surface area (Å²) in [6, 6.07) is 0. The lowest BCUT2D eigenvalue weighted by molar-refractivity contribution is -0.177. The molecule has 0 heterocycles. The van der Waals surface area contributed by atoms with Crippen molar-refractivity contribution in [3.8, 4) is 0 Å². The van der Waals surface area contributed by atoms with Gasteiger partial charge in [-0.05, 0) is 13.8 Å². The second-order valence-electron chi connectivity index (χ2n) is 2.72. The zero-order valence-corrected chi connectivity index (χ0v) is 7.18. The van der Waals surface area contributed by atoms with Gasteiger partial charge in [-0.1, -0.05) is 0 Å². The highest BCUT2D eigenvalue weighted by molar-refractivity contribution is 5.75. The molecule has 66 valence electrons. The predicted octanol–water partition coefficient (Wildman–Crippen LogP) is -0.133. The van der Waals surface area contributed by atoms with Crippen molar-refractivity contribution in [3.05, 3.63) is 0 Å². The lowest BCUT2D eigenvalue weighted by Gasteiger charge is -2.17. The standard InChI is InChI=1S/C7H15NO3/c1-7(2,10)11-5-4-6(9)8-3/h10H,4-5H2,1-3H3,(H,8,9). The number of rotatable bonds is 4. The van der Waals surface area contributed by atoms with Crippen molar-refractivity contribution < 1.29 is 14.6 Å². The van der Waals surface area contributed by atoms with E-state index in [0.29, 0.717) is 0 Å². The molecule has 0 spiro atoms. The molecule has 4 nitrogen and oxygen atoms in total. The van der Waals surface area contributed by atoms with Gasteiger partial charge in [-0.2, -0.15) is 0 Å². The minimum absolute atomic E-state index is 0.0887. The largest absolute Gasteiger partial charge is 0.366 e. The van der Waals surface area contributed by atoms with Gasteiger partial charge < -0.3 is 15.2 Å². The molecule has 0 aromatic rings. The van der Waals surface area contributed by atoms with E-state index in [2.05, 4.69) is 5.32 Å². The molecule has 0 bridgehead atoms. The zero-order valence-electron chi connectivity index (χ0n) is 7.18. The third-order valence-electron chi connectivity index (χ3n) is 1.06. The van der Waals surface area contributed by atoms with Crippen molar-refractivity contribution in [2.45, 2.75) is 26.1 Å². The molecule has 0 rings (SSSR count). The van der Waals surface area contributed by atoms with Gasteiger partial charge in [-0.3, -0.25) is 4.79 Å². The molecular weight excluding hydrogens is 146 g/mol. The minimum Gasteiger partial charge on any atom is -0.366 e. The Kier molecular flexibility index (Phi) is 4.07. The highest BCUT2D eigenvalue weighted by Crippen LogP contribution is 2.02. The lowest BCUT2D eigenvalue weighted by atomic mass is 10.4. The average Bonchev–Trinajstić information content (AvgIpc) is 1.85. The van der Waals surface area contributed by atoms with Gasteiger partial charge in [0.05, 0.1) is 13.0 Å². The normalized spacial score (nSPS) is 11.3. The lowest BCUT2D eigenvalue weighted by Crippen LogP contribution is -2.26. The summed E-state index contributed by atoms with van der Waals surface area (Å²) in [5.41, 5.74) is 0. The van der Waals surface area contributed by atoms with E-state index in [1.54, 1.807) is 7.05 Å². The van der Waals surface area contributed by atoms with Gasteiger partial charge >= 0.3 is 0 Å². The molecule has 11 heavy (non-hydrogen) atoms. The Morgan fingerprint density at radius 1 is 1.64 bits per heavy atom. The SMILES string of the molecule is CNC(=O)CCOC(C)(C)O. The van der Waals surface area contributed by atoms with Gasteiger partial charge in [0.25, 0.3) is 0 Å². The van der Waals surface area contributed by atoms with Crippen LogP contribution in [0.25, 0.3) is 0 Å². The van der Waals surface area contributed by atoms with Crippen LogP contribution >= 0.6 is 0 Å². The predicted molar refractivity (Wildman–Crippen MR) is 40.9 cm³/mol. The summed E-state index contributed by atoms with van der Waals surface area (Å²) in [4.78, 5) is 10.6. The van der Waals surface area contributed by atoms with Gasteiger partial charge in [-0.15, -0.1) is 0 Å². The minimum atomic E-state index is -1.14. The van der Waals surface area contributed by atoms with Crippen molar-refractivity contribution in [1.29, 1.82) is 0 Å². The van der Waals surface area contributed by atoms with Crippen molar-refractivity contribution in [1.82, 2.24) is 5.32 Å². The fourth-order valence-electron chi connectivity index (χ4n) is 0.518. The molecule has 0 aliphatic rings. The maximum atomic E-state index is 10.6. The molecule has 0 aromatic carbocycles. The first-order valence-electron chi connectivity index (χ1n) is 3.52. The second kappa shape index (κ2) is 4.31.